The number of aromatic nitrogens is 2. The van der Waals surface area contributed by atoms with Crippen LogP contribution in [0, 0.1) is 0 Å². The zero-order valence-electron chi connectivity index (χ0n) is 9.85. The molecule has 0 saturated carbocycles. The molecule has 2 fully saturated rings. The van der Waals surface area contributed by atoms with E-state index in [2.05, 4.69) is 20.0 Å². The van der Waals surface area contributed by atoms with Crippen molar-refractivity contribution < 1.29 is 0 Å². The minimum absolute atomic E-state index is 0.463. The molecular formula is C12H17ClN4. The number of piperazine rings is 1. The van der Waals surface area contributed by atoms with Crippen LogP contribution >= 0.6 is 11.6 Å². The third-order valence-corrected chi connectivity index (χ3v) is 3.98. The van der Waals surface area contributed by atoms with Crippen LogP contribution in [0.25, 0.3) is 0 Å². The van der Waals surface area contributed by atoms with E-state index in [4.69, 9.17) is 11.6 Å². The van der Waals surface area contributed by atoms with Gasteiger partial charge in [-0.05, 0) is 31.5 Å². The van der Waals surface area contributed by atoms with Crippen molar-refractivity contribution in [2.75, 3.05) is 31.1 Å². The maximum Gasteiger partial charge on any atom is 0.151 e. The first-order chi connectivity index (χ1) is 8.33. The van der Waals surface area contributed by atoms with Gasteiger partial charge in [-0.25, -0.2) is 0 Å². The van der Waals surface area contributed by atoms with Gasteiger partial charge in [-0.1, -0.05) is 18.0 Å². The molecule has 0 unspecified atom stereocenters. The fourth-order valence-corrected chi connectivity index (χ4v) is 2.94. The minimum Gasteiger partial charge on any atom is -0.352 e. The van der Waals surface area contributed by atoms with Crippen LogP contribution in [0.5, 0.6) is 0 Å². The number of rotatable bonds is 1. The van der Waals surface area contributed by atoms with Gasteiger partial charge in [-0.2, -0.15) is 0 Å². The molecule has 2 aliphatic rings. The summed E-state index contributed by atoms with van der Waals surface area (Å²) in [5, 5.41) is 8.55. The lowest BCUT2D eigenvalue weighted by Crippen LogP contribution is -2.55. The van der Waals surface area contributed by atoms with Crippen LogP contribution in [0.2, 0.25) is 5.15 Å². The quantitative estimate of drug-likeness (QED) is 0.763. The molecule has 1 aromatic rings. The molecule has 0 aromatic carbocycles. The SMILES string of the molecule is Clc1ccc(N2CCN3CCCC[C@@H]3C2)nn1. The third kappa shape index (κ3) is 2.38. The van der Waals surface area contributed by atoms with Gasteiger partial charge in [0.1, 0.15) is 0 Å². The highest BCUT2D eigenvalue weighted by Gasteiger charge is 2.29. The first-order valence-electron chi connectivity index (χ1n) is 6.31. The topological polar surface area (TPSA) is 32.3 Å². The summed E-state index contributed by atoms with van der Waals surface area (Å²) in [6.07, 6.45) is 4.04. The third-order valence-electron chi connectivity index (χ3n) is 3.78. The molecule has 3 rings (SSSR count). The maximum absolute atomic E-state index is 5.76. The van der Waals surface area contributed by atoms with E-state index in [-0.39, 0.29) is 0 Å². The van der Waals surface area contributed by atoms with Crippen molar-refractivity contribution in [2.45, 2.75) is 25.3 Å². The Hall–Kier alpha value is -0.870. The Kier molecular flexibility index (Phi) is 3.16. The summed E-state index contributed by atoms with van der Waals surface area (Å²) < 4.78 is 0. The lowest BCUT2D eigenvalue weighted by molar-refractivity contribution is 0.133. The number of halogens is 1. The van der Waals surface area contributed by atoms with Gasteiger partial charge in [0.05, 0.1) is 0 Å². The van der Waals surface area contributed by atoms with Crippen LogP contribution in [-0.2, 0) is 0 Å². The Labute approximate surface area is 107 Å². The smallest absolute Gasteiger partial charge is 0.151 e. The van der Waals surface area contributed by atoms with Gasteiger partial charge in [-0.15, -0.1) is 10.2 Å². The van der Waals surface area contributed by atoms with E-state index >= 15 is 0 Å². The van der Waals surface area contributed by atoms with Crippen molar-refractivity contribution in [2.24, 2.45) is 0 Å². The Morgan fingerprint density at radius 2 is 2.06 bits per heavy atom. The zero-order valence-corrected chi connectivity index (χ0v) is 10.6. The van der Waals surface area contributed by atoms with Crippen molar-refractivity contribution in [1.29, 1.82) is 0 Å². The molecule has 0 bridgehead atoms. The maximum atomic E-state index is 5.76. The zero-order chi connectivity index (χ0) is 11.7. The molecule has 0 aliphatic carbocycles. The van der Waals surface area contributed by atoms with Gasteiger partial charge in [0, 0.05) is 25.7 Å². The molecule has 4 nitrogen and oxygen atoms in total. The summed E-state index contributed by atoms with van der Waals surface area (Å²) in [6, 6.07) is 4.49. The summed E-state index contributed by atoms with van der Waals surface area (Å²) in [4.78, 5) is 4.94. The lowest BCUT2D eigenvalue weighted by Gasteiger charge is -2.44. The minimum atomic E-state index is 0.463. The normalized spacial score (nSPS) is 25.7. The van der Waals surface area contributed by atoms with Crippen LogP contribution < -0.4 is 4.90 Å². The summed E-state index contributed by atoms with van der Waals surface area (Å²) in [5.74, 6) is 0.958. The van der Waals surface area contributed by atoms with Gasteiger partial charge in [0.2, 0.25) is 0 Å². The second-order valence-corrected chi connectivity index (χ2v) is 5.23. The van der Waals surface area contributed by atoms with Crippen molar-refractivity contribution >= 4 is 17.4 Å². The molecule has 3 heterocycles. The molecule has 92 valence electrons. The van der Waals surface area contributed by atoms with Crippen LogP contribution in [-0.4, -0.2) is 47.3 Å². The van der Waals surface area contributed by atoms with Crippen molar-refractivity contribution in [1.82, 2.24) is 15.1 Å². The van der Waals surface area contributed by atoms with E-state index < -0.39 is 0 Å². The Balaban J connectivity index is 1.71. The van der Waals surface area contributed by atoms with Crippen molar-refractivity contribution in [3.8, 4) is 0 Å². The fraction of sp³-hybridized carbons (Fsp3) is 0.667. The number of piperidine rings is 1. The van der Waals surface area contributed by atoms with E-state index in [9.17, 15) is 0 Å². The molecule has 17 heavy (non-hydrogen) atoms. The predicted molar refractivity (Wildman–Crippen MR) is 68.5 cm³/mol. The molecule has 2 saturated heterocycles. The lowest BCUT2D eigenvalue weighted by atomic mass is 9.99. The highest BCUT2D eigenvalue weighted by Crippen LogP contribution is 2.23. The molecule has 1 atom stereocenters. The highest BCUT2D eigenvalue weighted by atomic mass is 35.5. The van der Waals surface area contributed by atoms with E-state index in [1.54, 1.807) is 0 Å². The molecule has 2 aliphatic heterocycles. The largest absolute Gasteiger partial charge is 0.352 e. The Morgan fingerprint density at radius 1 is 1.12 bits per heavy atom. The summed E-state index contributed by atoms with van der Waals surface area (Å²) in [7, 11) is 0. The predicted octanol–water partition coefficient (Wildman–Crippen LogP) is 1.80. The standard InChI is InChI=1S/C12H17ClN4/c13-11-4-5-12(15-14-11)17-8-7-16-6-2-1-3-10(16)9-17/h4-5,10H,1-3,6-9H2/t10-/m1/s1. The van der Waals surface area contributed by atoms with E-state index in [1.165, 1.54) is 25.8 Å². The molecule has 0 radical (unpaired) electrons. The van der Waals surface area contributed by atoms with Gasteiger partial charge < -0.3 is 4.90 Å². The number of hydrogen-bond acceptors (Lipinski definition) is 4. The van der Waals surface area contributed by atoms with E-state index in [1.807, 2.05) is 12.1 Å². The van der Waals surface area contributed by atoms with Gasteiger partial charge >= 0.3 is 0 Å². The van der Waals surface area contributed by atoms with E-state index in [0.717, 1.165) is 25.5 Å². The fourth-order valence-electron chi connectivity index (χ4n) is 2.84. The number of anilines is 1. The molecule has 0 N–H and O–H groups in total. The molecule has 0 spiro atoms. The second kappa shape index (κ2) is 4.78. The second-order valence-electron chi connectivity index (χ2n) is 4.85. The average Bonchev–Trinajstić information content (AvgIpc) is 2.39. The van der Waals surface area contributed by atoms with Gasteiger partial charge in [0.25, 0.3) is 0 Å². The summed E-state index contributed by atoms with van der Waals surface area (Å²) in [6.45, 7) is 4.54. The van der Waals surface area contributed by atoms with Gasteiger partial charge in [0.15, 0.2) is 11.0 Å². The van der Waals surface area contributed by atoms with Crippen LogP contribution in [0.1, 0.15) is 19.3 Å². The van der Waals surface area contributed by atoms with Crippen LogP contribution in [0.4, 0.5) is 5.82 Å². The van der Waals surface area contributed by atoms with Crippen molar-refractivity contribution in [3.05, 3.63) is 17.3 Å². The molecular weight excluding hydrogens is 236 g/mol. The van der Waals surface area contributed by atoms with Crippen LogP contribution in [0.15, 0.2) is 12.1 Å². The highest BCUT2D eigenvalue weighted by molar-refractivity contribution is 6.29. The monoisotopic (exact) mass is 252 g/mol. The average molecular weight is 253 g/mol. The molecule has 0 amide bonds. The van der Waals surface area contributed by atoms with Crippen molar-refractivity contribution in [3.63, 3.8) is 0 Å². The molecule has 5 heteroatoms. The first-order valence-corrected chi connectivity index (χ1v) is 6.69. The first kappa shape index (κ1) is 11.2. The number of nitrogens with zero attached hydrogens (tertiary/aromatic N) is 4. The van der Waals surface area contributed by atoms with Crippen LogP contribution in [0.3, 0.4) is 0 Å². The summed E-state index contributed by atoms with van der Waals surface area (Å²) in [5.41, 5.74) is 0. The Bertz CT molecular complexity index is 381. The summed E-state index contributed by atoms with van der Waals surface area (Å²) >= 11 is 5.76. The Morgan fingerprint density at radius 3 is 2.88 bits per heavy atom. The van der Waals surface area contributed by atoms with Gasteiger partial charge in [-0.3, -0.25) is 4.90 Å². The number of fused-ring (bicyclic) bond motifs is 1. The van der Waals surface area contributed by atoms with E-state index in [0.29, 0.717) is 11.2 Å². The molecule has 1 aromatic heterocycles. The number of hydrogen-bond donors (Lipinski definition) is 0.